The first-order chi connectivity index (χ1) is 13.8. The Morgan fingerprint density at radius 3 is 2.82 bits per heavy atom. The van der Waals surface area contributed by atoms with E-state index in [1.165, 1.54) is 6.42 Å². The summed E-state index contributed by atoms with van der Waals surface area (Å²) in [5.74, 6) is 2.03. The molecule has 1 aliphatic heterocycles. The van der Waals surface area contributed by atoms with Crippen molar-refractivity contribution in [2.45, 2.75) is 45.1 Å². The minimum atomic E-state index is 0.0215. The number of nitrogens with one attached hydrogen (secondary N) is 1. The van der Waals surface area contributed by atoms with Crippen molar-refractivity contribution in [3.63, 3.8) is 0 Å². The smallest absolute Gasteiger partial charge is 0.254 e. The zero-order valence-electron chi connectivity index (χ0n) is 16.1. The molecule has 1 fully saturated rings. The Kier molecular flexibility index (Phi) is 5.45. The van der Waals surface area contributed by atoms with Gasteiger partial charge in [-0.05, 0) is 30.5 Å². The van der Waals surface area contributed by atoms with Crippen molar-refractivity contribution in [1.82, 2.24) is 35.1 Å². The summed E-state index contributed by atoms with van der Waals surface area (Å²) >= 11 is 0. The van der Waals surface area contributed by atoms with Crippen LogP contribution >= 0.6 is 0 Å². The average molecular weight is 379 g/mol. The highest BCUT2D eigenvalue weighted by atomic mass is 16.2. The molecule has 28 heavy (non-hydrogen) atoms. The standard InChI is InChI=1S/C20H25N7O/c1-2-3-11-26-14-10-21-19(26)15-8-12-27(13-9-15)20(28)17-7-5-4-6-16(17)18-22-24-25-23-18/h4-7,10,14-15H,2-3,8-9,11-13H2,1H3,(H,22,23,24,25). The fourth-order valence-corrected chi connectivity index (χ4v) is 3.85. The Labute approximate surface area is 164 Å². The van der Waals surface area contributed by atoms with E-state index < -0.39 is 0 Å². The largest absolute Gasteiger partial charge is 0.339 e. The highest BCUT2D eigenvalue weighted by Crippen LogP contribution is 2.29. The molecule has 0 radical (unpaired) electrons. The maximum Gasteiger partial charge on any atom is 0.254 e. The Bertz CT molecular complexity index is 910. The zero-order valence-corrected chi connectivity index (χ0v) is 16.1. The molecule has 1 aromatic carbocycles. The molecule has 0 saturated carbocycles. The first-order valence-corrected chi connectivity index (χ1v) is 9.91. The third-order valence-electron chi connectivity index (χ3n) is 5.39. The van der Waals surface area contributed by atoms with Crippen LogP contribution in [0.2, 0.25) is 0 Å². The summed E-state index contributed by atoms with van der Waals surface area (Å²) in [6.45, 7) is 4.67. The van der Waals surface area contributed by atoms with E-state index >= 15 is 0 Å². The molecule has 1 N–H and O–H groups in total. The Morgan fingerprint density at radius 1 is 1.25 bits per heavy atom. The van der Waals surface area contributed by atoms with Crippen molar-refractivity contribution in [2.75, 3.05) is 13.1 Å². The summed E-state index contributed by atoms with van der Waals surface area (Å²) in [6, 6.07) is 7.44. The number of benzene rings is 1. The van der Waals surface area contributed by atoms with Crippen molar-refractivity contribution < 1.29 is 4.79 Å². The lowest BCUT2D eigenvalue weighted by Crippen LogP contribution is -2.38. The van der Waals surface area contributed by atoms with E-state index in [1.54, 1.807) is 0 Å². The Morgan fingerprint density at radius 2 is 2.07 bits per heavy atom. The second kappa shape index (κ2) is 8.33. The van der Waals surface area contributed by atoms with E-state index in [1.807, 2.05) is 35.4 Å². The molecule has 2 aromatic heterocycles. The molecule has 0 atom stereocenters. The second-order valence-corrected chi connectivity index (χ2v) is 7.18. The van der Waals surface area contributed by atoms with Gasteiger partial charge in [0.05, 0.1) is 5.56 Å². The number of aromatic nitrogens is 6. The van der Waals surface area contributed by atoms with Gasteiger partial charge in [0.1, 0.15) is 5.82 Å². The highest BCUT2D eigenvalue weighted by Gasteiger charge is 2.28. The van der Waals surface area contributed by atoms with Crippen LogP contribution in [0.1, 0.15) is 54.7 Å². The van der Waals surface area contributed by atoms with Crippen LogP contribution in [0.5, 0.6) is 0 Å². The number of hydrogen-bond donors (Lipinski definition) is 1. The lowest BCUT2D eigenvalue weighted by molar-refractivity contribution is 0.0711. The van der Waals surface area contributed by atoms with Crippen LogP contribution < -0.4 is 0 Å². The van der Waals surface area contributed by atoms with Crippen LogP contribution in [0.25, 0.3) is 11.4 Å². The average Bonchev–Trinajstić information content (AvgIpc) is 3.44. The van der Waals surface area contributed by atoms with Crippen LogP contribution in [0.15, 0.2) is 36.7 Å². The summed E-state index contributed by atoms with van der Waals surface area (Å²) in [5.41, 5.74) is 1.32. The molecule has 0 spiro atoms. The molecule has 1 aliphatic rings. The number of aromatic amines is 1. The zero-order chi connectivity index (χ0) is 19.3. The number of aryl methyl sites for hydroxylation is 1. The quantitative estimate of drug-likeness (QED) is 0.711. The first-order valence-electron chi connectivity index (χ1n) is 9.91. The highest BCUT2D eigenvalue weighted by molar-refractivity contribution is 6.00. The summed E-state index contributed by atoms with van der Waals surface area (Å²) in [7, 11) is 0. The number of amides is 1. The lowest BCUT2D eigenvalue weighted by atomic mass is 9.94. The minimum absolute atomic E-state index is 0.0215. The van der Waals surface area contributed by atoms with Gasteiger partial charge >= 0.3 is 0 Å². The van der Waals surface area contributed by atoms with Crippen LogP contribution in [-0.2, 0) is 6.54 Å². The number of rotatable bonds is 6. The van der Waals surface area contributed by atoms with Gasteiger partial charge in [-0.1, -0.05) is 31.5 Å². The monoisotopic (exact) mass is 379 g/mol. The van der Waals surface area contributed by atoms with Gasteiger partial charge in [0.25, 0.3) is 5.91 Å². The predicted molar refractivity (Wildman–Crippen MR) is 105 cm³/mol. The molecule has 3 aromatic rings. The van der Waals surface area contributed by atoms with Crippen LogP contribution in [-0.4, -0.2) is 54.1 Å². The van der Waals surface area contributed by atoms with E-state index in [-0.39, 0.29) is 5.91 Å². The molecule has 4 rings (SSSR count). The van der Waals surface area contributed by atoms with E-state index in [0.29, 0.717) is 22.9 Å². The molecule has 3 heterocycles. The number of nitrogens with zero attached hydrogens (tertiary/aromatic N) is 6. The number of carbonyl (C=O) groups is 1. The molecular weight excluding hydrogens is 354 g/mol. The van der Waals surface area contributed by atoms with Crippen molar-refractivity contribution in [1.29, 1.82) is 0 Å². The van der Waals surface area contributed by atoms with Crippen molar-refractivity contribution in [3.8, 4) is 11.4 Å². The van der Waals surface area contributed by atoms with Crippen LogP contribution in [0.4, 0.5) is 0 Å². The van der Waals surface area contributed by atoms with Gasteiger partial charge in [-0.2, -0.15) is 5.21 Å². The van der Waals surface area contributed by atoms with E-state index in [9.17, 15) is 4.79 Å². The topological polar surface area (TPSA) is 92.6 Å². The molecular formula is C20H25N7O. The van der Waals surface area contributed by atoms with Crippen molar-refractivity contribution in [3.05, 3.63) is 48.0 Å². The van der Waals surface area contributed by atoms with Gasteiger partial charge in [-0.3, -0.25) is 4.79 Å². The molecule has 1 amide bonds. The summed E-state index contributed by atoms with van der Waals surface area (Å²) in [5, 5.41) is 14.1. The van der Waals surface area contributed by atoms with E-state index in [2.05, 4.69) is 43.3 Å². The fraction of sp³-hybridized carbons (Fsp3) is 0.450. The maximum atomic E-state index is 13.1. The Hall–Kier alpha value is -3.03. The van der Waals surface area contributed by atoms with Gasteiger partial charge < -0.3 is 9.47 Å². The number of imidazole rings is 1. The second-order valence-electron chi connectivity index (χ2n) is 7.18. The minimum Gasteiger partial charge on any atom is -0.339 e. The molecule has 146 valence electrons. The third-order valence-corrected chi connectivity index (χ3v) is 5.39. The SMILES string of the molecule is CCCCn1ccnc1C1CCN(C(=O)c2ccccc2-c2nn[nH]n2)CC1. The van der Waals surface area contributed by atoms with Crippen LogP contribution in [0.3, 0.4) is 0 Å². The summed E-state index contributed by atoms with van der Waals surface area (Å²) in [4.78, 5) is 19.7. The number of carbonyl (C=O) groups excluding carboxylic acids is 1. The van der Waals surface area contributed by atoms with Crippen molar-refractivity contribution >= 4 is 5.91 Å². The molecule has 0 bridgehead atoms. The normalized spacial score (nSPS) is 15.1. The molecule has 8 nitrogen and oxygen atoms in total. The number of hydrogen-bond acceptors (Lipinski definition) is 5. The number of H-pyrrole nitrogens is 1. The Balaban J connectivity index is 1.45. The maximum absolute atomic E-state index is 13.1. The van der Waals surface area contributed by atoms with Gasteiger partial charge in [0.2, 0.25) is 5.82 Å². The van der Waals surface area contributed by atoms with E-state index in [4.69, 9.17) is 0 Å². The van der Waals surface area contributed by atoms with Crippen molar-refractivity contribution in [2.24, 2.45) is 0 Å². The predicted octanol–water partition coefficient (Wildman–Crippen LogP) is 2.88. The summed E-state index contributed by atoms with van der Waals surface area (Å²) < 4.78 is 2.27. The van der Waals surface area contributed by atoms with Gasteiger partial charge in [0, 0.05) is 43.5 Å². The molecule has 0 aliphatic carbocycles. The lowest BCUT2D eigenvalue weighted by Gasteiger charge is -2.32. The molecule has 1 saturated heterocycles. The molecule has 0 unspecified atom stereocenters. The van der Waals surface area contributed by atoms with Gasteiger partial charge in [-0.25, -0.2) is 4.98 Å². The third kappa shape index (κ3) is 3.67. The van der Waals surface area contributed by atoms with Gasteiger partial charge in [-0.15, -0.1) is 10.2 Å². The first kappa shape index (κ1) is 18.3. The van der Waals surface area contributed by atoms with Gasteiger partial charge in [0.15, 0.2) is 0 Å². The van der Waals surface area contributed by atoms with E-state index in [0.717, 1.165) is 44.7 Å². The van der Waals surface area contributed by atoms with Crippen LogP contribution in [0, 0.1) is 0 Å². The number of unbranched alkanes of at least 4 members (excludes halogenated alkanes) is 1. The number of piperidine rings is 1. The fourth-order valence-electron chi connectivity index (χ4n) is 3.85. The summed E-state index contributed by atoms with van der Waals surface area (Å²) in [6.07, 6.45) is 8.16. The number of tetrazole rings is 1. The molecule has 8 heteroatoms. The number of likely N-dealkylation sites (tertiary alicyclic amines) is 1.